The zero-order valence-corrected chi connectivity index (χ0v) is 15.3. The van der Waals surface area contributed by atoms with Gasteiger partial charge in [-0.1, -0.05) is 41.4 Å². The average molecular weight is 371 g/mol. The van der Waals surface area contributed by atoms with Gasteiger partial charge in [-0.3, -0.25) is 4.90 Å². The second-order valence-corrected chi connectivity index (χ2v) is 9.60. The highest BCUT2D eigenvalue weighted by Gasteiger charge is 2.29. The number of aryl methyl sites for hydroxylation is 1. The molecule has 23 heavy (non-hydrogen) atoms. The maximum atomic E-state index is 12.6. The van der Waals surface area contributed by atoms with E-state index in [0.717, 1.165) is 31.0 Å². The number of piperazine rings is 1. The molecule has 0 spiro atoms. The minimum Gasteiger partial charge on any atom is -0.296 e. The molecule has 0 N–H and O–H groups in total. The minimum atomic E-state index is -3.40. The van der Waals surface area contributed by atoms with Crippen molar-refractivity contribution in [1.82, 2.24) is 9.21 Å². The van der Waals surface area contributed by atoms with Gasteiger partial charge in [0.15, 0.2) is 0 Å². The van der Waals surface area contributed by atoms with Gasteiger partial charge in [-0.15, -0.1) is 11.3 Å². The normalized spacial score (nSPS) is 17.5. The highest BCUT2D eigenvalue weighted by atomic mass is 35.5. The highest BCUT2D eigenvalue weighted by molar-refractivity contribution is 7.91. The first-order valence-corrected chi connectivity index (χ1v) is 10.1. The van der Waals surface area contributed by atoms with Crippen molar-refractivity contribution in [2.24, 2.45) is 0 Å². The zero-order valence-electron chi connectivity index (χ0n) is 12.9. The summed E-state index contributed by atoms with van der Waals surface area (Å²) in [7, 11) is -3.40. The number of thiophene rings is 1. The molecule has 1 fully saturated rings. The summed E-state index contributed by atoms with van der Waals surface area (Å²) in [5, 5.41) is 0. The zero-order chi connectivity index (χ0) is 16.4. The van der Waals surface area contributed by atoms with E-state index in [2.05, 4.69) is 36.1 Å². The second-order valence-electron chi connectivity index (χ2n) is 5.72. The van der Waals surface area contributed by atoms with Gasteiger partial charge in [-0.25, -0.2) is 8.42 Å². The standard InChI is InChI=1S/C16H19ClN2O2S2/c1-13-2-4-14(5-3-13)12-18-8-10-19(11-9-18)23(20,21)16-7-6-15(17)22-16/h2-7H,8-12H2,1H3. The number of sulfonamides is 1. The number of rotatable bonds is 4. The lowest BCUT2D eigenvalue weighted by Crippen LogP contribution is -2.48. The Kier molecular flexibility index (Phi) is 5.08. The van der Waals surface area contributed by atoms with E-state index in [-0.39, 0.29) is 0 Å². The van der Waals surface area contributed by atoms with E-state index in [0.29, 0.717) is 21.6 Å². The van der Waals surface area contributed by atoms with Crippen LogP contribution in [-0.4, -0.2) is 43.8 Å². The topological polar surface area (TPSA) is 40.6 Å². The van der Waals surface area contributed by atoms with Crippen LogP contribution >= 0.6 is 22.9 Å². The molecule has 1 aromatic heterocycles. The minimum absolute atomic E-state index is 0.328. The Morgan fingerprint density at radius 3 is 2.26 bits per heavy atom. The number of nitrogens with zero attached hydrogens (tertiary/aromatic N) is 2. The lowest BCUT2D eigenvalue weighted by Gasteiger charge is -2.33. The lowest BCUT2D eigenvalue weighted by molar-refractivity contribution is 0.182. The predicted octanol–water partition coefficient (Wildman–Crippen LogP) is 3.22. The molecule has 0 atom stereocenters. The SMILES string of the molecule is Cc1ccc(CN2CCN(S(=O)(=O)c3ccc(Cl)s3)CC2)cc1. The molecule has 0 amide bonds. The Morgan fingerprint density at radius 1 is 1.04 bits per heavy atom. The van der Waals surface area contributed by atoms with Crippen LogP contribution in [0.1, 0.15) is 11.1 Å². The Morgan fingerprint density at radius 2 is 1.70 bits per heavy atom. The fourth-order valence-electron chi connectivity index (χ4n) is 2.64. The third-order valence-corrected chi connectivity index (χ3v) is 7.60. The number of hydrogen-bond donors (Lipinski definition) is 0. The summed E-state index contributed by atoms with van der Waals surface area (Å²) < 4.78 is 27.5. The quantitative estimate of drug-likeness (QED) is 0.829. The second kappa shape index (κ2) is 6.91. The monoisotopic (exact) mass is 370 g/mol. The molecule has 2 aromatic rings. The molecule has 0 unspecified atom stereocenters. The van der Waals surface area contributed by atoms with Gasteiger partial charge in [0.2, 0.25) is 0 Å². The first-order chi connectivity index (χ1) is 10.9. The maximum absolute atomic E-state index is 12.6. The first kappa shape index (κ1) is 16.9. The van der Waals surface area contributed by atoms with Crippen LogP contribution in [0.5, 0.6) is 0 Å². The van der Waals surface area contributed by atoms with Crippen LogP contribution in [0.2, 0.25) is 4.34 Å². The van der Waals surface area contributed by atoms with E-state index in [1.165, 1.54) is 11.1 Å². The molecule has 1 saturated heterocycles. The largest absolute Gasteiger partial charge is 0.296 e. The molecular formula is C16H19ClN2O2S2. The highest BCUT2D eigenvalue weighted by Crippen LogP contribution is 2.28. The van der Waals surface area contributed by atoms with Gasteiger partial charge in [0.25, 0.3) is 10.0 Å². The molecule has 0 aliphatic carbocycles. The molecule has 3 rings (SSSR count). The maximum Gasteiger partial charge on any atom is 0.252 e. The first-order valence-electron chi connectivity index (χ1n) is 7.48. The van der Waals surface area contributed by atoms with Crippen molar-refractivity contribution in [3.63, 3.8) is 0 Å². The van der Waals surface area contributed by atoms with Crippen molar-refractivity contribution < 1.29 is 8.42 Å². The number of halogens is 1. The van der Waals surface area contributed by atoms with Crippen molar-refractivity contribution >= 4 is 33.0 Å². The van der Waals surface area contributed by atoms with Crippen LogP contribution in [0.3, 0.4) is 0 Å². The van der Waals surface area contributed by atoms with Crippen molar-refractivity contribution in [3.8, 4) is 0 Å². The van der Waals surface area contributed by atoms with Crippen molar-refractivity contribution in [1.29, 1.82) is 0 Å². The summed E-state index contributed by atoms with van der Waals surface area (Å²) in [5.74, 6) is 0. The van der Waals surface area contributed by atoms with Gasteiger partial charge in [-0.05, 0) is 24.6 Å². The Balaban J connectivity index is 1.61. The van der Waals surface area contributed by atoms with Crippen LogP contribution in [0.25, 0.3) is 0 Å². The lowest BCUT2D eigenvalue weighted by atomic mass is 10.1. The molecule has 2 heterocycles. The molecular weight excluding hydrogens is 352 g/mol. The van der Waals surface area contributed by atoms with E-state index < -0.39 is 10.0 Å². The fraction of sp³-hybridized carbons (Fsp3) is 0.375. The van der Waals surface area contributed by atoms with E-state index in [4.69, 9.17) is 11.6 Å². The van der Waals surface area contributed by atoms with E-state index >= 15 is 0 Å². The predicted molar refractivity (Wildman–Crippen MR) is 94.5 cm³/mol. The van der Waals surface area contributed by atoms with Crippen molar-refractivity contribution in [2.45, 2.75) is 17.7 Å². The summed E-state index contributed by atoms with van der Waals surface area (Å²) >= 11 is 6.97. The van der Waals surface area contributed by atoms with Crippen LogP contribution in [0.15, 0.2) is 40.6 Å². The molecule has 1 aliphatic rings. The van der Waals surface area contributed by atoms with Gasteiger partial charge in [0.1, 0.15) is 4.21 Å². The van der Waals surface area contributed by atoms with E-state index in [9.17, 15) is 8.42 Å². The van der Waals surface area contributed by atoms with Gasteiger partial charge in [0, 0.05) is 32.7 Å². The molecule has 1 aromatic carbocycles. The third-order valence-electron chi connectivity index (χ3n) is 4.00. The summed E-state index contributed by atoms with van der Waals surface area (Å²) in [6.07, 6.45) is 0. The third kappa shape index (κ3) is 3.95. The van der Waals surface area contributed by atoms with Crippen LogP contribution < -0.4 is 0 Å². The fourth-order valence-corrected chi connectivity index (χ4v) is 5.70. The molecule has 0 saturated carbocycles. The molecule has 124 valence electrons. The van der Waals surface area contributed by atoms with Gasteiger partial charge >= 0.3 is 0 Å². The van der Waals surface area contributed by atoms with E-state index in [1.807, 2.05) is 0 Å². The Labute approximate surface area is 146 Å². The molecule has 1 aliphatic heterocycles. The van der Waals surface area contributed by atoms with Gasteiger partial charge in [-0.2, -0.15) is 4.31 Å². The average Bonchev–Trinajstić information content (AvgIpc) is 2.98. The number of benzene rings is 1. The smallest absolute Gasteiger partial charge is 0.252 e. The van der Waals surface area contributed by atoms with Crippen LogP contribution in [-0.2, 0) is 16.6 Å². The molecule has 7 heteroatoms. The van der Waals surface area contributed by atoms with Crippen LogP contribution in [0.4, 0.5) is 0 Å². The summed E-state index contributed by atoms with van der Waals surface area (Å²) in [6, 6.07) is 11.7. The number of hydrogen-bond acceptors (Lipinski definition) is 4. The van der Waals surface area contributed by atoms with Gasteiger partial charge < -0.3 is 0 Å². The van der Waals surface area contributed by atoms with Crippen molar-refractivity contribution in [3.05, 3.63) is 51.9 Å². The summed E-state index contributed by atoms with van der Waals surface area (Å²) in [5.41, 5.74) is 2.51. The Bertz CT molecular complexity index is 764. The van der Waals surface area contributed by atoms with Crippen molar-refractivity contribution in [2.75, 3.05) is 26.2 Å². The van der Waals surface area contributed by atoms with Crippen LogP contribution in [0, 0.1) is 6.92 Å². The molecule has 4 nitrogen and oxygen atoms in total. The van der Waals surface area contributed by atoms with Gasteiger partial charge in [0.05, 0.1) is 4.34 Å². The molecule has 0 radical (unpaired) electrons. The van der Waals surface area contributed by atoms with E-state index in [1.54, 1.807) is 16.4 Å². The summed E-state index contributed by atoms with van der Waals surface area (Å²) in [6.45, 7) is 5.45. The molecule has 0 bridgehead atoms. The Hall–Kier alpha value is -0.920. The summed E-state index contributed by atoms with van der Waals surface area (Å²) in [4.78, 5) is 2.29.